The molecule has 30 heavy (non-hydrogen) atoms. The summed E-state index contributed by atoms with van der Waals surface area (Å²) in [5, 5.41) is 16.0. The summed E-state index contributed by atoms with van der Waals surface area (Å²) in [5.41, 5.74) is 1.47. The Bertz CT molecular complexity index is 1120. The highest BCUT2D eigenvalue weighted by Gasteiger charge is 2.19. The van der Waals surface area contributed by atoms with E-state index in [4.69, 9.17) is 10.00 Å². The molecule has 0 aliphatic carbocycles. The van der Waals surface area contributed by atoms with Crippen LogP contribution >= 0.6 is 11.3 Å². The topological polar surface area (TPSA) is 108 Å². The Labute approximate surface area is 176 Å². The summed E-state index contributed by atoms with van der Waals surface area (Å²) in [7, 11) is 0. The highest BCUT2D eigenvalue weighted by molar-refractivity contribution is 7.12. The fourth-order valence-electron chi connectivity index (χ4n) is 2.52. The van der Waals surface area contributed by atoms with E-state index in [1.54, 1.807) is 47.8 Å². The number of nitrogens with zero attached hydrogens (tertiary/aromatic N) is 1. The average Bonchev–Trinajstić information content (AvgIpc) is 3.29. The van der Waals surface area contributed by atoms with E-state index < -0.39 is 18.0 Å². The van der Waals surface area contributed by atoms with Crippen LogP contribution in [0.25, 0.3) is 0 Å². The Morgan fingerprint density at radius 1 is 1.00 bits per heavy atom. The average molecular weight is 419 g/mol. The molecule has 2 aromatic carbocycles. The molecule has 0 aliphatic heterocycles. The lowest BCUT2D eigenvalue weighted by molar-refractivity contribution is -0.123. The van der Waals surface area contributed by atoms with Crippen LogP contribution in [-0.2, 0) is 9.53 Å². The molecule has 2 N–H and O–H groups in total. The second-order valence-electron chi connectivity index (χ2n) is 6.24. The van der Waals surface area contributed by atoms with Crippen LogP contribution in [0.5, 0.6) is 0 Å². The monoisotopic (exact) mass is 419 g/mol. The zero-order valence-corrected chi connectivity index (χ0v) is 16.7. The summed E-state index contributed by atoms with van der Waals surface area (Å²) in [6.07, 6.45) is -1.06. The molecule has 1 heterocycles. The molecule has 1 aromatic heterocycles. The van der Waals surface area contributed by atoms with Gasteiger partial charge in [-0.15, -0.1) is 11.3 Å². The van der Waals surface area contributed by atoms with Crippen molar-refractivity contribution in [2.75, 3.05) is 10.6 Å². The summed E-state index contributed by atoms with van der Waals surface area (Å²) in [6.45, 7) is 1.45. The Morgan fingerprint density at radius 2 is 1.73 bits per heavy atom. The second-order valence-corrected chi connectivity index (χ2v) is 7.19. The number of nitriles is 1. The van der Waals surface area contributed by atoms with Crippen LogP contribution in [0.2, 0.25) is 0 Å². The number of esters is 1. The summed E-state index contributed by atoms with van der Waals surface area (Å²) < 4.78 is 5.23. The van der Waals surface area contributed by atoms with Gasteiger partial charge in [0.05, 0.1) is 22.1 Å². The van der Waals surface area contributed by atoms with Gasteiger partial charge in [-0.1, -0.05) is 18.2 Å². The van der Waals surface area contributed by atoms with E-state index in [1.807, 2.05) is 6.07 Å². The summed E-state index contributed by atoms with van der Waals surface area (Å²) in [5.74, 6) is -1.50. The molecule has 0 aliphatic rings. The van der Waals surface area contributed by atoms with Gasteiger partial charge in [0.1, 0.15) is 0 Å². The molecule has 2 amide bonds. The molecule has 3 rings (SSSR count). The first-order valence-electron chi connectivity index (χ1n) is 8.93. The van der Waals surface area contributed by atoms with Gasteiger partial charge in [-0.25, -0.2) is 4.79 Å². The molecular formula is C22H17N3O4S. The molecule has 3 aromatic rings. The maximum absolute atomic E-state index is 12.4. The van der Waals surface area contributed by atoms with Crippen LogP contribution in [0.15, 0.2) is 66.0 Å². The van der Waals surface area contributed by atoms with Crippen molar-refractivity contribution in [1.82, 2.24) is 0 Å². The van der Waals surface area contributed by atoms with Gasteiger partial charge in [0.15, 0.2) is 6.10 Å². The quantitative estimate of drug-likeness (QED) is 0.586. The number of anilines is 2. The molecule has 0 saturated heterocycles. The largest absolute Gasteiger partial charge is 0.449 e. The zero-order chi connectivity index (χ0) is 21.5. The van der Waals surface area contributed by atoms with Crippen molar-refractivity contribution in [2.45, 2.75) is 13.0 Å². The molecule has 0 radical (unpaired) electrons. The van der Waals surface area contributed by atoms with Gasteiger partial charge in [-0.05, 0) is 54.8 Å². The Kier molecular flexibility index (Phi) is 6.57. The molecular weight excluding hydrogens is 402 g/mol. The van der Waals surface area contributed by atoms with Crippen molar-refractivity contribution >= 4 is 40.5 Å². The van der Waals surface area contributed by atoms with Crippen LogP contribution in [-0.4, -0.2) is 23.9 Å². The molecule has 0 fully saturated rings. The van der Waals surface area contributed by atoms with Crippen LogP contribution in [0.4, 0.5) is 11.4 Å². The number of carbonyl (C=O) groups is 3. The molecule has 0 spiro atoms. The first-order chi connectivity index (χ1) is 14.5. The number of carbonyl (C=O) groups excluding carboxylic acids is 3. The fourth-order valence-corrected chi connectivity index (χ4v) is 3.14. The van der Waals surface area contributed by atoms with Crippen molar-refractivity contribution in [3.63, 3.8) is 0 Å². The van der Waals surface area contributed by atoms with Crippen LogP contribution in [0.3, 0.4) is 0 Å². The molecule has 1 atom stereocenters. The van der Waals surface area contributed by atoms with Gasteiger partial charge in [0, 0.05) is 11.4 Å². The van der Waals surface area contributed by atoms with Crippen LogP contribution in [0, 0.1) is 11.3 Å². The lowest BCUT2D eigenvalue weighted by Gasteiger charge is -2.14. The summed E-state index contributed by atoms with van der Waals surface area (Å²) in [4.78, 5) is 37.4. The van der Waals surface area contributed by atoms with E-state index in [2.05, 4.69) is 10.6 Å². The number of rotatable bonds is 6. The highest BCUT2D eigenvalue weighted by Crippen LogP contribution is 2.16. The van der Waals surface area contributed by atoms with E-state index in [1.165, 1.54) is 36.5 Å². The maximum Gasteiger partial charge on any atom is 0.338 e. The Hall–Kier alpha value is -3.96. The van der Waals surface area contributed by atoms with Crippen LogP contribution in [0.1, 0.15) is 32.5 Å². The van der Waals surface area contributed by atoms with E-state index in [0.29, 0.717) is 21.8 Å². The Balaban J connectivity index is 1.61. The molecule has 150 valence electrons. The van der Waals surface area contributed by atoms with E-state index >= 15 is 0 Å². The van der Waals surface area contributed by atoms with E-state index in [-0.39, 0.29) is 11.5 Å². The minimum atomic E-state index is -1.06. The van der Waals surface area contributed by atoms with Crippen molar-refractivity contribution in [3.8, 4) is 6.07 Å². The van der Waals surface area contributed by atoms with Crippen molar-refractivity contribution in [2.24, 2.45) is 0 Å². The zero-order valence-electron chi connectivity index (χ0n) is 15.9. The number of hydrogen-bond donors (Lipinski definition) is 2. The highest BCUT2D eigenvalue weighted by atomic mass is 32.1. The third-order valence-electron chi connectivity index (χ3n) is 4.01. The smallest absolute Gasteiger partial charge is 0.338 e. The van der Waals surface area contributed by atoms with Gasteiger partial charge < -0.3 is 15.4 Å². The minimum Gasteiger partial charge on any atom is -0.449 e. The van der Waals surface area contributed by atoms with Crippen LogP contribution < -0.4 is 10.6 Å². The second kappa shape index (κ2) is 9.49. The van der Waals surface area contributed by atoms with Gasteiger partial charge in [-0.3, -0.25) is 9.59 Å². The SMILES string of the molecule is CC(OC(=O)c1cccc(NC(=O)c2cccs2)c1)C(=O)Nc1cccc(C#N)c1. The third kappa shape index (κ3) is 5.31. The first kappa shape index (κ1) is 20.8. The standard InChI is InChI=1S/C22H17N3O4S/c1-14(20(26)24-17-7-2-5-15(11-17)13-23)29-22(28)16-6-3-8-18(12-16)25-21(27)19-9-4-10-30-19/h2-12,14H,1H3,(H,24,26)(H,25,27). The summed E-state index contributed by atoms with van der Waals surface area (Å²) >= 11 is 1.31. The number of thiophene rings is 1. The Morgan fingerprint density at radius 3 is 2.43 bits per heavy atom. The molecule has 1 unspecified atom stereocenters. The normalized spacial score (nSPS) is 11.1. The minimum absolute atomic E-state index is 0.199. The maximum atomic E-state index is 12.4. The molecule has 8 heteroatoms. The lowest BCUT2D eigenvalue weighted by Crippen LogP contribution is -2.30. The number of ether oxygens (including phenoxy) is 1. The number of benzene rings is 2. The lowest BCUT2D eigenvalue weighted by atomic mass is 10.2. The van der Waals surface area contributed by atoms with Gasteiger partial charge in [0.2, 0.25) is 0 Å². The van der Waals surface area contributed by atoms with Gasteiger partial charge in [0.25, 0.3) is 11.8 Å². The molecule has 0 bridgehead atoms. The third-order valence-corrected chi connectivity index (χ3v) is 4.88. The first-order valence-corrected chi connectivity index (χ1v) is 9.81. The van der Waals surface area contributed by atoms with Gasteiger partial charge in [-0.2, -0.15) is 5.26 Å². The number of nitrogens with one attached hydrogen (secondary N) is 2. The van der Waals surface area contributed by atoms with E-state index in [0.717, 1.165) is 0 Å². The van der Waals surface area contributed by atoms with Crippen molar-refractivity contribution < 1.29 is 19.1 Å². The fraction of sp³-hybridized carbons (Fsp3) is 0.0909. The van der Waals surface area contributed by atoms with Crippen molar-refractivity contribution in [1.29, 1.82) is 5.26 Å². The number of hydrogen-bond acceptors (Lipinski definition) is 6. The molecule has 7 nitrogen and oxygen atoms in total. The molecule has 0 saturated carbocycles. The summed E-state index contributed by atoms with van der Waals surface area (Å²) in [6, 6.07) is 18.1. The van der Waals surface area contributed by atoms with E-state index in [9.17, 15) is 14.4 Å². The predicted molar refractivity (Wildman–Crippen MR) is 113 cm³/mol. The predicted octanol–water partition coefficient (Wildman–Crippen LogP) is 4.06. The number of amides is 2. The van der Waals surface area contributed by atoms with Crippen molar-refractivity contribution in [3.05, 3.63) is 82.0 Å². The van der Waals surface area contributed by atoms with Gasteiger partial charge >= 0.3 is 5.97 Å².